The molecular formula is C6H12OS. The number of hydrogen-bond acceptors (Lipinski definition) is 2. The average molecular weight is 132 g/mol. The number of carbonyl (C=O) groups is 1. The smallest absolute Gasteiger partial charge is 0.132 e. The molecule has 0 rings (SSSR count). The van der Waals surface area contributed by atoms with Gasteiger partial charge in [-0.2, -0.15) is 12.6 Å². The van der Waals surface area contributed by atoms with E-state index >= 15 is 0 Å². The predicted octanol–water partition coefficient (Wildman–Crippen LogP) is 1.67. The number of aldehydes is 1. The molecule has 0 radical (unpaired) electrons. The van der Waals surface area contributed by atoms with Crippen LogP contribution >= 0.6 is 12.6 Å². The lowest BCUT2D eigenvalue weighted by Gasteiger charge is -1.97. The van der Waals surface area contributed by atoms with Gasteiger partial charge in [-0.15, -0.1) is 0 Å². The highest BCUT2D eigenvalue weighted by Crippen LogP contribution is 2.02. The maximum atomic E-state index is 9.93. The van der Waals surface area contributed by atoms with E-state index in [4.69, 9.17) is 0 Å². The van der Waals surface area contributed by atoms with Crippen LogP contribution in [0.2, 0.25) is 0 Å². The normalized spacial score (nSPS) is 13.2. The van der Waals surface area contributed by atoms with Crippen molar-refractivity contribution in [3.8, 4) is 0 Å². The van der Waals surface area contributed by atoms with Gasteiger partial charge in [0.1, 0.15) is 6.29 Å². The highest BCUT2D eigenvalue weighted by Gasteiger charge is 1.96. The van der Waals surface area contributed by atoms with Crippen LogP contribution in [0.5, 0.6) is 0 Å². The summed E-state index contributed by atoms with van der Waals surface area (Å²) < 4.78 is 0. The van der Waals surface area contributed by atoms with Gasteiger partial charge in [-0.1, -0.05) is 19.8 Å². The van der Waals surface area contributed by atoms with E-state index in [0.717, 1.165) is 25.5 Å². The van der Waals surface area contributed by atoms with Gasteiger partial charge in [-0.25, -0.2) is 0 Å². The third kappa shape index (κ3) is 4.19. The van der Waals surface area contributed by atoms with Crippen molar-refractivity contribution in [2.24, 2.45) is 0 Å². The molecule has 8 heavy (non-hydrogen) atoms. The van der Waals surface area contributed by atoms with Gasteiger partial charge >= 0.3 is 0 Å². The van der Waals surface area contributed by atoms with Crippen LogP contribution in [0, 0.1) is 0 Å². The lowest BCUT2D eigenvalue weighted by atomic mass is 10.2. The minimum Gasteiger partial charge on any atom is -0.302 e. The quantitative estimate of drug-likeness (QED) is 0.455. The van der Waals surface area contributed by atoms with Gasteiger partial charge in [-0.05, 0) is 6.42 Å². The molecule has 0 bridgehead atoms. The third-order valence-electron chi connectivity index (χ3n) is 1.01. The Bertz CT molecular complexity index is 63.5. The van der Waals surface area contributed by atoms with Crippen molar-refractivity contribution < 1.29 is 4.79 Å². The van der Waals surface area contributed by atoms with Crippen LogP contribution in [-0.4, -0.2) is 11.5 Å². The van der Waals surface area contributed by atoms with Crippen LogP contribution in [0.15, 0.2) is 0 Å². The van der Waals surface area contributed by atoms with Gasteiger partial charge in [-0.3, -0.25) is 0 Å². The summed E-state index contributed by atoms with van der Waals surface area (Å²) in [7, 11) is 0. The number of thiol groups is 1. The maximum Gasteiger partial charge on any atom is 0.132 e. The zero-order valence-corrected chi connectivity index (χ0v) is 6.03. The van der Waals surface area contributed by atoms with Gasteiger partial charge in [0.05, 0.1) is 5.25 Å². The van der Waals surface area contributed by atoms with Gasteiger partial charge in [0.2, 0.25) is 0 Å². The highest BCUT2D eigenvalue weighted by atomic mass is 32.1. The molecular weight excluding hydrogens is 120 g/mol. The second kappa shape index (κ2) is 5.16. The molecule has 1 atom stereocenters. The first kappa shape index (κ1) is 8.02. The molecule has 0 aromatic rings. The molecule has 1 unspecified atom stereocenters. The summed E-state index contributed by atoms with van der Waals surface area (Å²) in [5.74, 6) is 0. The highest BCUT2D eigenvalue weighted by molar-refractivity contribution is 7.81. The Hall–Kier alpha value is 0.0200. The van der Waals surface area contributed by atoms with E-state index < -0.39 is 0 Å². The number of rotatable bonds is 4. The van der Waals surface area contributed by atoms with Crippen molar-refractivity contribution in [1.29, 1.82) is 0 Å². The summed E-state index contributed by atoms with van der Waals surface area (Å²) in [5.41, 5.74) is 0. The Morgan fingerprint density at radius 2 is 2.38 bits per heavy atom. The van der Waals surface area contributed by atoms with Crippen LogP contribution in [0.1, 0.15) is 26.2 Å². The first-order valence-electron chi connectivity index (χ1n) is 2.94. The maximum absolute atomic E-state index is 9.93. The van der Waals surface area contributed by atoms with Crippen molar-refractivity contribution in [3.63, 3.8) is 0 Å². The van der Waals surface area contributed by atoms with E-state index in [1.54, 1.807) is 0 Å². The summed E-state index contributed by atoms with van der Waals surface area (Å²) in [5, 5.41) is -0.0325. The Morgan fingerprint density at radius 1 is 1.75 bits per heavy atom. The molecule has 0 N–H and O–H groups in total. The molecule has 0 aliphatic carbocycles. The lowest BCUT2D eigenvalue weighted by molar-refractivity contribution is -0.107. The topological polar surface area (TPSA) is 17.1 Å². The fraction of sp³-hybridized carbons (Fsp3) is 0.833. The molecule has 0 saturated heterocycles. The minimum absolute atomic E-state index is 0.0325. The summed E-state index contributed by atoms with van der Waals surface area (Å²) in [6.45, 7) is 2.10. The monoisotopic (exact) mass is 132 g/mol. The first-order valence-corrected chi connectivity index (χ1v) is 3.46. The average Bonchev–Trinajstić information content (AvgIpc) is 1.83. The molecule has 0 aromatic carbocycles. The molecule has 1 nitrogen and oxygen atoms in total. The predicted molar refractivity (Wildman–Crippen MR) is 38.4 cm³/mol. The largest absolute Gasteiger partial charge is 0.302 e. The molecule has 0 aliphatic rings. The van der Waals surface area contributed by atoms with Crippen LogP contribution in [0.3, 0.4) is 0 Å². The Balaban J connectivity index is 2.98. The Kier molecular flexibility index (Phi) is 5.18. The number of carbonyl (C=O) groups excluding carboxylic acids is 1. The van der Waals surface area contributed by atoms with E-state index in [9.17, 15) is 4.79 Å². The molecule has 0 saturated carbocycles. The van der Waals surface area contributed by atoms with Gasteiger partial charge in [0, 0.05) is 0 Å². The number of unbranched alkanes of at least 4 members (excludes halogenated alkanes) is 1. The molecule has 0 aliphatic heterocycles. The van der Waals surface area contributed by atoms with Gasteiger partial charge in [0.25, 0.3) is 0 Å². The van der Waals surface area contributed by atoms with Gasteiger partial charge < -0.3 is 4.79 Å². The van der Waals surface area contributed by atoms with Crippen molar-refractivity contribution in [2.75, 3.05) is 0 Å². The zero-order chi connectivity index (χ0) is 6.41. The minimum atomic E-state index is -0.0325. The van der Waals surface area contributed by atoms with Crippen molar-refractivity contribution in [1.82, 2.24) is 0 Å². The third-order valence-corrected chi connectivity index (χ3v) is 1.39. The summed E-state index contributed by atoms with van der Waals surface area (Å²) in [6.07, 6.45) is 4.06. The molecule has 48 valence electrons. The Morgan fingerprint density at radius 3 is 2.75 bits per heavy atom. The molecule has 2 heteroatoms. The fourth-order valence-electron chi connectivity index (χ4n) is 0.481. The van der Waals surface area contributed by atoms with Crippen LogP contribution in [0.25, 0.3) is 0 Å². The van der Waals surface area contributed by atoms with Crippen LogP contribution in [0.4, 0.5) is 0 Å². The number of hydrogen-bond donors (Lipinski definition) is 1. The second-order valence-electron chi connectivity index (χ2n) is 1.85. The van der Waals surface area contributed by atoms with E-state index in [2.05, 4.69) is 19.6 Å². The molecule has 0 aromatic heterocycles. The standard InChI is InChI=1S/C6H12OS/c1-2-3-4-6(8)5-7/h5-6,8H,2-4H2,1H3. The summed E-state index contributed by atoms with van der Waals surface area (Å²) in [6, 6.07) is 0. The molecule has 0 amide bonds. The molecule has 0 heterocycles. The lowest BCUT2D eigenvalue weighted by Crippen LogP contribution is -1.97. The van der Waals surface area contributed by atoms with Gasteiger partial charge in [0.15, 0.2) is 0 Å². The fourth-order valence-corrected chi connectivity index (χ4v) is 0.664. The van der Waals surface area contributed by atoms with E-state index in [-0.39, 0.29) is 5.25 Å². The zero-order valence-electron chi connectivity index (χ0n) is 5.13. The molecule has 0 fully saturated rings. The molecule has 0 spiro atoms. The van der Waals surface area contributed by atoms with E-state index in [1.165, 1.54) is 0 Å². The summed E-state index contributed by atoms with van der Waals surface area (Å²) >= 11 is 4.00. The van der Waals surface area contributed by atoms with Crippen molar-refractivity contribution >= 4 is 18.9 Å². The van der Waals surface area contributed by atoms with Crippen molar-refractivity contribution in [2.45, 2.75) is 31.4 Å². The Labute approximate surface area is 55.9 Å². The summed E-state index contributed by atoms with van der Waals surface area (Å²) in [4.78, 5) is 9.93. The van der Waals surface area contributed by atoms with E-state index in [1.807, 2.05) is 0 Å². The second-order valence-corrected chi connectivity index (χ2v) is 2.51. The SMILES string of the molecule is CCCCC(S)C=O. The van der Waals surface area contributed by atoms with E-state index in [0.29, 0.717) is 0 Å². The van der Waals surface area contributed by atoms with Crippen LogP contribution in [-0.2, 0) is 4.79 Å². The first-order chi connectivity index (χ1) is 3.81. The van der Waals surface area contributed by atoms with Crippen LogP contribution < -0.4 is 0 Å². The van der Waals surface area contributed by atoms with Crippen molar-refractivity contribution in [3.05, 3.63) is 0 Å².